The lowest BCUT2D eigenvalue weighted by atomic mass is 10.1. The quantitative estimate of drug-likeness (QED) is 0.397. The first-order chi connectivity index (χ1) is 13.7. The molecule has 0 unspecified atom stereocenters. The first kappa shape index (κ1) is 18.3. The van der Waals surface area contributed by atoms with E-state index in [0.29, 0.717) is 18.8 Å². The zero-order chi connectivity index (χ0) is 19.5. The molecule has 4 rings (SSSR count). The van der Waals surface area contributed by atoms with Gasteiger partial charge in [-0.1, -0.05) is 41.6 Å². The summed E-state index contributed by atoms with van der Waals surface area (Å²) in [6, 6.07) is 15.5. The van der Waals surface area contributed by atoms with Crippen LogP contribution in [0.2, 0.25) is 0 Å². The summed E-state index contributed by atoms with van der Waals surface area (Å²) in [5.41, 5.74) is 3.43. The van der Waals surface area contributed by atoms with E-state index in [-0.39, 0.29) is 0 Å². The van der Waals surface area contributed by atoms with Gasteiger partial charge < -0.3 is 19.0 Å². The van der Waals surface area contributed by atoms with Crippen LogP contribution in [0.15, 0.2) is 53.7 Å². The Morgan fingerprint density at radius 1 is 1.11 bits per heavy atom. The van der Waals surface area contributed by atoms with Gasteiger partial charge in [0.15, 0.2) is 0 Å². The smallest absolute Gasteiger partial charge is 0.365 e. The molecule has 0 atom stereocenters. The Labute approximate surface area is 164 Å². The van der Waals surface area contributed by atoms with Crippen molar-refractivity contribution in [1.82, 2.24) is 4.57 Å². The number of ether oxygens (including phenoxy) is 1. The maximum absolute atomic E-state index is 12.3. The zero-order valence-corrected chi connectivity index (χ0v) is 16.1. The maximum atomic E-state index is 12.3. The van der Waals surface area contributed by atoms with Gasteiger partial charge in [-0.25, -0.2) is 4.79 Å². The molecule has 6 nitrogen and oxygen atoms in total. The summed E-state index contributed by atoms with van der Waals surface area (Å²) in [7, 11) is 2.05. The number of nitrogens with zero attached hydrogens (tertiary/aromatic N) is 3. The molecule has 1 saturated heterocycles. The Balaban J connectivity index is 1.66. The van der Waals surface area contributed by atoms with Crippen LogP contribution in [-0.4, -0.2) is 43.1 Å². The molecule has 144 valence electrons. The normalized spacial score (nSPS) is 14.7. The molecular weight excluding hydrogens is 354 g/mol. The number of oxime groups is 1. The van der Waals surface area contributed by atoms with E-state index in [1.807, 2.05) is 44.3 Å². The molecule has 0 N–H and O–H groups in total. The van der Waals surface area contributed by atoms with Crippen LogP contribution < -0.4 is 4.90 Å². The van der Waals surface area contributed by atoms with Crippen molar-refractivity contribution in [2.75, 3.05) is 31.2 Å². The lowest BCUT2D eigenvalue weighted by Crippen LogP contribution is -2.37. The first-order valence-electron chi connectivity index (χ1n) is 9.37. The maximum Gasteiger partial charge on any atom is 0.365 e. The summed E-state index contributed by atoms with van der Waals surface area (Å²) in [5.74, 6) is 0.600. The van der Waals surface area contributed by atoms with E-state index >= 15 is 0 Å². The number of aryl methyl sites for hydroxylation is 2. The third-order valence-corrected chi connectivity index (χ3v) is 5.11. The van der Waals surface area contributed by atoms with Crippen molar-refractivity contribution in [2.24, 2.45) is 12.2 Å². The van der Waals surface area contributed by atoms with Crippen LogP contribution in [0.25, 0.3) is 10.9 Å². The second-order valence-electron chi connectivity index (χ2n) is 6.84. The summed E-state index contributed by atoms with van der Waals surface area (Å²) in [4.78, 5) is 19.8. The monoisotopic (exact) mass is 377 g/mol. The van der Waals surface area contributed by atoms with E-state index in [1.165, 1.54) is 0 Å². The fourth-order valence-corrected chi connectivity index (χ4v) is 3.67. The number of carbonyl (C=O) groups is 1. The molecule has 1 aromatic heterocycles. The van der Waals surface area contributed by atoms with Gasteiger partial charge in [-0.05, 0) is 24.6 Å². The number of rotatable bonds is 4. The van der Waals surface area contributed by atoms with E-state index < -0.39 is 5.97 Å². The summed E-state index contributed by atoms with van der Waals surface area (Å²) >= 11 is 0. The number of benzene rings is 2. The second-order valence-corrected chi connectivity index (χ2v) is 6.84. The molecule has 6 heteroatoms. The Morgan fingerprint density at radius 2 is 1.82 bits per heavy atom. The fourth-order valence-electron chi connectivity index (χ4n) is 3.67. The van der Waals surface area contributed by atoms with Gasteiger partial charge in [0.1, 0.15) is 5.82 Å². The molecule has 0 amide bonds. The predicted octanol–water partition coefficient (Wildman–Crippen LogP) is 3.51. The van der Waals surface area contributed by atoms with Gasteiger partial charge in [0.2, 0.25) is 0 Å². The number of hydrogen-bond acceptors (Lipinski definition) is 5. The molecule has 0 aliphatic carbocycles. The van der Waals surface area contributed by atoms with Crippen molar-refractivity contribution in [3.8, 4) is 0 Å². The highest BCUT2D eigenvalue weighted by molar-refractivity contribution is 6.05. The number of carbonyl (C=O) groups excluding carboxylic acids is 1. The van der Waals surface area contributed by atoms with Crippen LogP contribution in [-0.2, 0) is 16.6 Å². The van der Waals surface area contributed by atoms with Crippen molar-refractivity contribution in [3.05, 3.63) is 65.2 Å². The van der Waals surface area contributed by atoms with Crippen LogP contribution in [0.3, 0.4) is 0 Å². The zero-order valence-electron chi connectivity index (χ0n) is 16.1. The van der Waals surface area contributed by atoms with Crippen LogP contribution in [0.1, 0.15) is 21.5 Å². The highest BCUT2D eigenvalue weighted by atomic mass is 16.7. The Bertz CT molecular complexity index is 1030. The van der Waals surface area contributed by atoms with Gasteiger partial charge in [-0.3, -0.25) is 0 Å². The van der Waals surface area contributed by atoms with Gasteiger partial charge in [0, 0.05) is 31.1 Å². The van der Waals surface area contributed by atoms with Gasteiger partial charge >= 0.3 is 5.97 Å². The Morgan fingerprint density at radius 3 is 2.61 bits per heavy atom. The summed E-state index contributed by atoms with van der Waals surface area (Å²) in [6.45, 7) is 4.89. The van der Waals surface area contributed by atoms with E-state index in [1.54, 1.807) is 12.3 Å². The number of morpholine rings is 1. The summed E-state index contributed by atoms with van der Waals surface area (Å²) < 4.78 is 7.65. The molecule has 1 aliphatic heterocycles. The molecule has 0 bridgehead atoms. The molecule has 3 aromatic rings. The van der Waals surface area contributed by atoms with Crippen LogP contribution >= 0.6 is 0 Å². The first-order valence-corrected chi connectivity index (χ1v) is 9.37. The van der Waals surface area contributed by atoms with Crippen LogP contribution in [0.4, 0.5) is 5.82 Å². The fraction of sp³-hybridized carbons (Fsp3) is 0.273. The molecule has 1 aliphatic rings. The van der Waals surface area contributed by atoms with Gasteiger partial charge in [-0.2, -0.15) is 0 Å². The Kier molecular flexibility index (Phi) is 5.12. The van der Waals surface area contributed by atoms with Crippen molar-refractivity contribution in [1.29, 1.82) is 0 Å². The summed E-state index contributed by atoms with van der Waals surface area (Å²) in [6.07, 6.45) is 1.64. The third kappa shape index (κ3) is 3.39. The third-order valence-electron chi connectivity index (χ3n) is 5.11. The number of para-hydroxylation sites is 1. The average Bonchev–Trinajstić information content (AvgIpc) is 3.01. The van der Waals surface area contributed by atoms with E-state index in [4.69, 9.17) is 9.57 Å². The SMILES string of the molecule is Cc1ccccc1C(=O)O/N=C\c1c(N2CCOCC2)n(C)c2ccccc12. The molecule has 0 saturated carbocycles. The lowest BCUT2D eigenvalue weighted by Gasteiger charge is -2.29. The van der Waals surface area contributed by atoms with E-state index in [2.05, 4.69) is 26.8 Å². The largest absolute Gasteiger partial charge is 0.378 e. The van der Waals surface area contributed by atoms with Crippen molar-refractivity contribution in [2.45, 2.75) is 6.92 Å². The van der Waals surface area contributed by atoms with Gasteiger partial charge in [0.25, 0.3) is 0 Å². The van der Waals surface area contributed by atoms with E-state index in [9.17, 15) is 4.79 Å². The molecule has 28 heavy (non-hydrogen) atoms. The van der Waals surface area contributed by atoms with Crippen molar-refractivity contribution in [3.63, 3.8) is 0 Å². The van der Waals surface area contributed by atoms with Crippen molar-refractivity contribution >= 4 is 28.9 Å². The molecule has 2 aromatic carbocycles. The molecule has 0 radical (unpaired) electrons. The lowest BCUT2D eigenvalue weighted by molar-refractivity contribution is 0.0518. The Hall–Kier alpha value is -3.12. The van der Waals surface area contributed by atoms with Gasteiger partial charge in [0.05, 0.1) is 30.5 Å². The van der Waals surface area contributed by atoms with E-state index in [0.717, 1.165) is 40.9 Å². The minimum atomic E-state index is -0.456. The van der Waals surface area contributed by atoms with Crippen molar-refractivity contribution < 1.29 is 14.4 Å². The number of aromatic nitrogens is 1. The van der Waals surface area contributed by atoms with Crippen LogP contribution in [0, 0.1) is 6.92 Å². The molecular formula is C22H23N3O3. The molecule has 1 fully saturated rings. The number of hydrogen-bond donors (Lipinski definition) is 0. The van der Waals surface area contributed by atoms with Gasteiger partial charge in [-0.15, -0.1) is 0 Å². The highest BCUT2D eigenvalue weighted by Crippen LogP contribution is 2.31. The molecule has 2 heterocycles. The summed E-state index contributed by atoms with van der Waals surface area (Å²) in [5, 5.41) is 5.10. The average molecular weight is 377 g/mol. The predicted molar refractivity (Wildman–Crippen MR) is 110 cm³/mol. The minimum Gasteiger partial charge on any atom is -0.378 e. The number of anilines is 1. The second kappa shape index (κ2) is 7.86. The highest BCUT2D eigenvalue weighted by Gasteiger charge is 2.21. The molecule has 0 spiro atoms. The standard InChI is InChI=1S/C22H23N3O3/c1-16-7-3-4-8-17(16)22(26)28-23-15-19-18-9-5-6-10-20(18)24(2)21(19)25-11-13-27-14-12-25/h3-10,15H,11-14H2,1-2H3/b23-15-. The minimum absolute atomic E-state index is 0.456. The topological polar surface area (TPSA) is 56.1 Å². The van der Waals surface area contributed by atoms with Crippen LogP contribution in [0.5, 0.6) is 0 Å². The number of fused-ring (bicyclic) bond motifs is 1.